The molecule has 0 fully saturated rings. The molecule has 1 aromatic carbocycles. The van der Waals surface area contributed by atoms with Crippen LogP contribution in [-0.4, -0.2) is 29.3 Å². The molecule has 2 nitrogen and oxygen atoms in total. The molecule has 0 radical (unpaired) electrons. The van der Waals surface area contributed by atoms with E-state index in [0.29, 0.717) is 23.0 Å². The maximum Gasteiger partial charge on any atom is 0.254 e. The minimum absolute atomic E-state index is 0.0104. The number of hydrogen-bond donors (Lipinski definition) is 0. The van der Waals surface area contributed by atoms with Crippen LogP contribution in [0.4, 0.5) is 0 Å². The van der Waals surface area contributed by atoms with Gasteiger partial charge in [-0.05, 0) is 47.0 Å². The van der Waals surface area contributed by atoms with Crippen LogP contribution in [0.5, 0.6) is 0 Å². The van der Waals surface area contributed by atoms with Crippen LogP contribution in [0.2, 0.25) is 5.02 Å². The van der Waals surface area contributed by atoms with E-state index in [2.05, 4.69) is 29.8 Å². The number of hydrogen-bond acceptors (Lipinski definition) is 1. The summed E-state index contributed by atoms with van der Waals surface area (Å²) in [5.74, 6) is 0.427. The molecule has 0 aromatic heterocycles. The van der Waals surface area contributed by atoms with Crippen LogP contribution in [0.25, 0.3) is 0 Å². The van der Waals surface area contributed by atoms with Crippen molar-refractivity contribution in [1.29, 1.82) is 0 Å². The van der Waals surface area contributed by atoms with E-state index in [1.807, 2.05) is 4.90 Å². The molecule has 0 aliphatic rings. The van der Waals surface area contributed by atoms with Gasteiger partial charge in [0.2, 0.25) is 0 Å². The van der Waals surface area contributed by atoms with Gasteiger partial charge >= 0.3 is 0 Å². The monoisotopic (exact) mass is 365 g/mol. The number of amides is 1. The Morgan fingerprint density at radius 3 is 2.47 bits per heavy atom. The molecule has 0 bridgehead atoms. The molecular formula is C14H18BrCl2NO. The smallest absolute Gasteiger partial charge is 0.254 e. The van der Waals surface area contributed by atoms with E-state index in [1.165, 1.54) is 0 Å². The lowest BCUT2D eigenvalue weighted by Gasteiger charge is -2.30. The van der Waals surface area contributed by atoms with Gasteiger partial charge in [-0.25, -0.2) is 0 Å². The Hall–Kier alpha value is -0.250. The normalized spacial score (nSPS) is 10.8. The first kappa shape index (κ1) is 16.8. The van der Waals surface area contributed by atoms with E-state index in [4.69, 9.17) is 23.2 Å². The van der Waals surface area contributed by atoms with Gasteiger partial charge in [0.05, 0.1) is 5.02 Å². The molecule has 0 saturated carbocycles. The van der Waals surface area contributed by atoms with Crippen molar-refractivity contribution >= 4 is 45.0 Å². The van der Waals surface area contributed by atoms with Crippen molar-refractivity contribution in [3.8, 4) is 0 Å². The number of rotatable bonds is 6. The third-order valence-electron chi connectivity index (χ3n) is 3.14. The topological polar surface area (TPSA) is 20.3 Å². The molecule has 0 spiro atoms. The summed E-state index contributed by atoms with van der Waals surface area (Å²) in [6.45, 7) is 4.72. The Labute approximate surface area is 133 Å². The van der Waals surface area contributed by atoms with Crippen LogP contribution in [0.1, 0.15) is 37.0 Å². The van der Waals surface area contributed by atoms with E-state index in [-0.39, 0.29) is 11.9 Å². The highest BCUT2D eigenvalue weighted by Crippen LogP contribution is 2.24. The predicted octanol–water partition coefficient (Wildman–Crippen LogP) is 4.97. The fourth-order valence-corrected chi connectivity index (χ4v) is 2.67. The van der Waals surface area contributed by atoms with Gasteiger partial charge in [-0.1, -0.05) is 25.4 Å². The van der Waals surface area contributed by atoms with Crippen molar-refractivity contribution in [2.75, 3.05) is 12.4 Å². The Bertz CT molecular complexity index is 435. The Morgan fingerprint density at radius 1 is 1.37 bits per heavy atom. The zero-order valence-electron chi connectivity index (χ0n) is 11.1. The number of carbonyl (C=O) groups excluding carboxylic acids is 1. The molecule has 0 aliphatic carbocycles. The van der Waals surface area contributed by atoms with Gasteiger partial charge in [0, 0.05) is 28.5 Å². The van der Waals surface area contributed by atoms with Crippen LogP contribution in [0, 0.1) is 0 Å². The highest BCUT2D eigenvalue weighted by molar-refractivity contribution is 9.10. The lowest BCUT2D eigenvalue weighted by molar-refractivity contribution is 0.0681. The number of alkyl halides is 1. The number of carbonyl (C=O) groups is 1. The van der Waals surface area contributed by atoms with E-state index in [0.717, 1.165) is 17.3 Å². The van der Waals surface area contributed by atoms with E-state index >= 15 is 0 Å². The predicted molar refractivity (Wildman–Crippen MR) is 85.3 cm³/mol. The minimum Gasteiger partial charge on any atom is -0.334 e. The summed E-state index contributed by atoms with van der Waals surface area (Å²) in [7, 11) is 0. The largest absolute Gasteiger partial charge is 0.334 e. The quantitative estimate of drug-likeness (QED) is 0.650. The van der Waals surface area contributed by atoms with E-state index in [1.54, 1.807) is 18.2 Å². The van der Waals surface area contributed by atoms with Crippen molar-refractivity contribution in [1.82, 2.24) is 4.90 Å². The summed E-state index contributed by atoms with van der Waals surface area (Å²) in [5, 5.41) is 0.543. The molecule has 0 aliphatic heterocycles. The van der Waals surface area contributed by atoms with Crippen LogP contribution >= 0.6 is 39.1 Å². The van der Waals surface area contributed by atoms with Gasteiger partial charge in [-0.3, -0.25) is 4.79 Å². The molecule has 0 unspecified atom stereocenters. The molecule has 19 heavy (non-hydrogen) atoms. The molecule has 1 amide bonds. The standard InChI is InChI=1S/C14H18BrCl2NO/c1-3-11(4-2)18(8-7-16)14(19)10-5-6-12(15)13(17)9-10/h5-6,9,11H,3-4,7-8H2,1-2H3. The summed E-state index contributed by atoms with van der Waals surface area (Å²) in [5.41, 5.74) is 0.602. The summed E-state index contributed by atoms with van der Waals surface area (Å²) in [6.07, 6.45) is 1.84. The van der Waals surface area contributed by atoms with Crippen LogP contribution in [0.3, 0.4) is 0 Å². The fraction of sp³-hybridized carbons (Fsp3) is 0.500. The highest BCUT2D eigenvalue weighted by atomic mass is 79.9. The molecule has 0 N–H and O–H groups in total. The second-order valence-electron chi connectivity index (χ2n) is 4.29. The van der Waals surface area contributed by atoms with Gasteiger partial charge in [0.1, 0.15) is 0 Å². The third-order valence-corrected chi connectivity index (χ3v) is 4.54. The third kappa shape index (κ3) is 4.37. The molecule has 106 valence electrons. The molecule has 1 rings (SSSR count). The Morgan fingerprint density at radius 2 is 2.00 bits per heavy atom. The second-order valence-corrected chi connectivity index (χ2v) is 5.93. The highest BCUT2D eigenvalue weighted by Gasteiger charge is 2.22. The number of nitrogens with zero attached hydrogens (tertiary/aromatic N) is 1. The van der Waals surface area contributed by atoms with Crippen LogP contribution < -0.4 is 0 Å². The van der Waals surface area contributed by atoms with Crippen molar-refractivity contribution in [2.24, 2.45) is 0 Å². The van der Waals surface area contributed by atoms with Crippen molar-refractivity contribution in [3.05, 3.63) is 33.3 Å². The average molecular weight is 367 g/mol. The zero-order chi connectivity index (χ0) is 14.4. The van der Waals surface area contributed by atoms with Crippen molar-refractivity contribution in [3.63, 3.8) is 0 Å². The molecule has 1 aromatic rings. The summed E-state index contributed by atoms with van der Waals surface area (Å²) in [4.78, 5) is 14.4. The fourth-order valence-electron chi connectivity index (χ4n) is 2.07. The van der Waals surface area contributed by atoms with Gasteiger partial charge in [0.25, 0.3) is 5.91 Å². The summed E-state index contributed by atoms with van der Waals surface area (Å²) >= 11 is 15.2. The molecular weight excluding hydrogens is 349 g/mol. The maximum atomic E-state index is 12.6. The lowest BCUT2D eigenvalue weighted by atomic mass is 10.1. The first-order valence-electron chi connectivity index (χ1n) is 6.37. The molecule has 5 heteroatoms. The SMILES string of the molecule is CCC(CC)N(CCCl)C(=O)c1ccc(Br)c(Cl)c1. The first-order chi connectivity index (χ1) is 9.04. The first-order valence-corrected chi connectivity index (χ1v) is 8.07. The second kappa shape index (κ2) is 8.13. The van der Waals surface area contributed by atoms with Gasteiger partial charge in [-0.15, -0.1) is 11.6 Å². The molecule has 0 atom stereocenters. The summed E-state index contributed by atoms with van der Waals surface area (Å²) in [6, 6.07) is 5.48. The molecule has 0 saturated heterocycles. The summed E-state index contributed by atoms with van der Waals surface area (Å²) < 4.78 is 0.789. The Kier molecular flexibility index (Phi) is 7.19. The van der Waals surface area contributed by atoms with Gasteiger partial charge in [0.15, 0.2) is 0 Å². The lowest BCUT2D eigenvalue weighted by Crippen LogP contribution is -2.41. The maximum absolute atomic E-state index is 12.6. The molecule has 0 heterocycles. The number of benzene rings is 1. The van der Waals surface area contributed by atoms with Gasteiger partial charge < -0.3 is 4.90 Å². The van der Waals surface area contributed by atoms with E-state index in [9.17, 15) is 4.79 Å². The van der Waals surface area contributed by atoms with Crippen LogP contribution in [-0.2, 0) is 0 Å². The average Bonchev–Trinajstić information content (AvgIpc) is 2.41. The van der Waals surface area contributed by atoms with E-state index < -0.39 is 0 Å². The zero-order valence-corrected chi connectivity index (χ0v) is 14.2. The van der Waals surface area contributed by atoms with Crippen molar-refractivity contribution < 1.29 is 4.79 Å². The van der Waals surface area contributed by atoms with Gasteiger partial charge in [-0.2, -0.15) is 0 Å². The Balaban J connectivity index is 3.01. The minimum atomic E-state index is -0.0104. The van der Waals surface area contributed by atoms with Crippen LogP contribution in [0.15, 0.2) is 22.7 Å². The number of halogens is 3. The van der Waals surface area contributed by atoms with Crippen molar-refractivity contribution in [2.45, 2.75) is 32.7 Å².